The highest BCUT2D eigenvalue weighted by Crippen LogP contribution is 2.35. The normalized spacial score (nSPS) is 21.7. The SMILES string of the molecule is CC(=O)OC[C@H]1O[C@@H](n2cc(COCc3c(Cl)cc(Cl)c4cccnc34)nn2)[C@H](OC(C)=O)[C@@H](OC(C)=O)[C@@H]1OC(C)=O. The Morgan fingerprint density at radius 1 is 0.907 bits per heavy atom. The Hall–Kier alpha value is -3.85. The molecule has 0 radical (unpaired) electrons. The summed E-state index contributed by atoms with van der Waals surface area (Å²) in [5, 5.41) is 9.77. The summed E-state index contributed by atoms with van der Waals surface area (Å²) in [6.45, 7) is 4.30. The monoisotopic (exact) mass is 638 g/mol. The summed E-state index contributed by atoms with van der Waals surface area (Å²) in [5.74, 6) is -2.85. The molecule has 1 aromatic carbocycles. The first-order valence-corrected chi connectivity index (χ1v) is 13.7. The van der Waals surface area contributed by atoms with E-state index in [1.54, 1.807) is 18.3 Å². The third-order valence-electron chi connectivity index (χ3n) is 6.17. The molecule has 43 heavy (non-hydrogen) atoms. The second-order valence-corrected chi connectivity index (χ2v) is 10.3. The molecular formula is C27H28Cl2N4O10. The van der Waals surface area contributed by atoms with Gasteiger partial charge in [0.05, 0.1) is 29.9 Å². The molecule has 0 N–H and O–H groups in total. The zero-order valence-electron chi connectivity index (χ0n) is 23.5. The number of hydrogen-bond acceptors (Lipinski definition) is 13. The van der Waals surface area contributed by atoms with Crippen LogP contribution in [0.15, 0.2) is 30.6 Å². The van der Waals surface area contributed by atoms with Crippen molar-refractivity contribution >= 4 is 58.0 Å². The molecule has 1 saturated heterocycles. The lowest BCUT2D eigenvalue weighted by Gasteiger charge is -2.44. The number of hydrogen-bond donors (Lipinski definition) is 0. The van der Waals surface area contributed by atoms with Gasteiger partial charge in [0.1, 0.15) is 18.4 Å². The van der Waals surface area contributed by atoms with Gasteiger partial charge in [0, 0.05) is 49.9 Å². The summed E-state index contributed by atoms with van der Waals surface area (Å²) in [4.78, 5) is 52.0. The number of aromatic nitrogens is 4. The fourth-order valence-electron chi connectivity index (χ4n) is 4.55. The Labute approximate surface area is 255 Å². The van der Waals surface area contributed by atoms with Gasteiger partial charge in [-0.05, 0) is 18.2 Å². The average molecular weight is 639 g/mol. The average Bonchev–Trinajstić information content (AvgIpc) is 3.39. The van der Waals surface area contributed by atoms with Gasteiger partial charge in [0.2, 0.25) is 0 Å². The van der Waals surface area contributed by atoms with E-state index in [4.69, 9.17) is 51.6 Å². The lowest BCUT2D eigenvalue weighted by atomic mass is 9.97. The first-order chi connectivity index (χ1) is 20.4. The minimum atomic E-state index is -1.35. The number of ether oxygens (including phenoxy) is 6. The van der Waals surface area contributed by atoms with Crippen LogP contribution in [0.1, 0.15) is 45.2 Å². The topological polar surface area (TPSA) is 167 Å². The molecule has 3 heterocycles. The van der Waals surface area contributed by atoms with Crippen molar-refractivity contribution in [3.63, 3.8) is 0 Å². The van der Waals surface area contributed by atoms with E-state index in [2.05, 4.69) is 15.3 Å². The largest absolute Gasteiger partial charge is 0.463 e. The van der Waals surface area contributed by atoms with E-state index in [9.17, 15) is 19.2 Å². The highest BCUT2D eigenvalue weighted by atomic mass is 35.5. The highest BCUT2D eigenvalue weighted by Gasteiger charge is 2.53. The van der Waals surface area contributed by atoms with Crippen LogP contribution in [0, 0.1) is 0 Å². The third kappa shape index (κ3) is 7.96. The van der Waals surface area contributed by atoms with Gasteiger partial charge in [-0.25, -0.2) is 4.68 Å². The van der Waals surface area contributed by atoms with Gasteiger partial charge in [0.25, 0.3) is 0 Å². The van der Waals surface area contributed by atoms with Gasteiger partial charge >= 0.3 is 23.9 Å². The van der Waals surface area contributed by atoms with Crippen LogP contribution >= 0.6 is 23.2 Å². The number of nitrogens with zero attached hydrogens (tertiary/aromatic N) is 4. The van der Waals surface area contributed by atoms with E-state index < -0.39 is 54.5 Å². The van der Waals surface area contributed by atoms with Crippen LogP contribution in [0.3, 0.4) is 0 Å². The van der Waals surface area contributed by atoms with Crippen LogP contribution in [-0.2, 0) is 60.8 Å². The second kappa shape index (κ2) is 14.1. The minimum absolute atomic E-state index is 0.0153. The first-order valence-electron chi connectivity index (χ1n) is 12.9. The van der Waals surface area contributed by atoms with Crippen molar-refractivity contribution in [3.8, 4) is 0 Å². The first kappa shape index (κ1) is 32.1. The number of fused-ring (bicyclic) bond motifs is 1. The van der Waals surface area contributed by atoms with Crippen molar-refractivity contribution in [3.05, 3.63) is 51.9 Å². The third-order valence-corrected chi connectivity index (χ3v) is 6.82. The minimum Gasteiger partial charge on any atom is -0.463 e. The molecule has 14 nitrogen and oxygen atoms in total. The zero-order chi connectivity index (χ0) is 31.3. The number of esters is 4. The lowest BCUT2D eigenvalue weighted by Crippen LogP contribution is -2.60. The van der Waals surface area contributed by atoms with Crippen molar-refractivity contribution in [2.24, 2.45) is 0 Å². The van der Waals surface area contributed by atoms with E-state index in [1.807, 2.05) is 6.07 Å². The van der Waals surface area contributed by atoms with Gasteiger partial charge < -0.3 is 28.4 Å². The standard InChI is InChI=1S/C27H28Cl2N4O10/c1-13(34)39-12-22-24(40-14(2)35)25(41-15(3)36)26(42-16(4)37)27(43-22)33-9-17(31-32-33)10-38-11-19-21(29)8-20(28)18-6-5-7-30-23(18)19/h5-9,22,24-27H,10-12H2,1-4H3/t22-,24-,25+,26-,27-/m1/s1. The Morgan fingerprint density at radius 2 is 1.58 bits per heavy atom. The Balaban J connectivity index is 1.58. The van der Waals surface area contributed by atoms with Crippen LogP contribution in [0.5, 0.6) is 0 Å². The lowest BCUT2D eigenvalue weighted by molar-refractivity contribution is -0.270. The molecule has 230 valence electrons. The van der Waals surface area contributed by atoms with Gasteiger partial charge in [-0.3, -0.25) is 24.2 Å². The molecule has 0 amide bonds. The number of rotatable bonds is 10. The van der Waals surface area contributed by atoms with Crippen LogP contribution in [-0.4, -0.2) is 74.9 Å². The van der Waals surface area contributed by atoms with E-state index in [1.165, 1.54) is 17.8 Å². The molecule has 0 saturated carbocycles. The molecule has 4 rings (SSSR count). The molecule has 5 atom stereocenters. The maximum absolute atomic E-state index is 12.1. The van der Waals surface area contributed by atoms with E-state index in [-0.39, 0.29) is 19.8 Å². The van der Waals surface area contributed by atoms with Crippen LogP contribution in [0.4, 0.5) is 0 Å². The van der Waals surface area contributed by atoms with E-state index in [0.29, 0.717) is 26.8 Å². The van der Waals surface area contributed by atoms with E-state index >= 15 is 0 Å². The van der Waals surface area contributed by atoms with Crippen LogP contribution in [0.2, 0.25) is 10.0 Å². The summed E-state index contributed by atoms with van der Waals surface area (Å²) in [5.41, 5.74) is 1.59. The number of halogens is 2. The van der Waals surface area contributed by atoms with Gasteiger partial charge in [-0.2, -0.15) is 0 Å². The quantitative estimate of drug-likeness (QED) is 0.235. The zero-order valence-corrected chi connectivity index (χ0v) is 25.0. The molecule has 0 spiro atoms. The number of benzene rings is 1. The Morgan fingerprint density at radius 3 is 2.26 bits per heavy atom. The molecule has 1 aliphatic heterocycles. The number of carbonyl (C=O) groups is 4. The van der Waals surface area contributed by atoms with Gasteiger partial charge in [-0.1, -0.05) is 28.4 Å². The molecule has 0 unspecified atom stereocenters. The molecule has 1 aliphatic rings. The summed E-state index contributed by atoms with van der Waals surface area (Å²) in [6.07, 6.45) is -3.24. The smallest absolute Gasteiger partial charge is 0.303 e. The fraction of sp³-hybridized carbons (Fsp3) is 0.444. The highest BCUT2D eigenvalue weighted by molar-refractivity contribution is 6.39. The predicted molar refractivity (Wildman–Crippen MR) is 147 cm³/mol. The molecular weight excluding hydrogens is 611 g/mol. The summed E-state index contributed by atoms with van der Waals surface area (Å²) in [6, 6.07) is 5.20. The predicted octanol–water partition coefficient (Wildman–Crippen LogP) is 3.11. The van der Waals surface area contributed by atoms with Crippen molar-refractivity contribution in [1.29, 1.82) is 0 Å². The van der Waals surface area contributed by atoms with Crippen molar-refractivity contribution in [2.75, 3.05) is 6.61 Å². The van der Waals surface area contributed by atoms with Crippen molar-refractivity contribution in [1.82, 2.24) is 20.0 Å². The molecule has 1 fully saturated rings. The van der Waals surface area contributed by atoms with E-state index in [0.717, 1.165) is 26.2 Å². The Bertz CT molecular complexity index is 1520. The Kier molecular flexibility index (Phi) is 10.5. The summed E-state index contributed by atoms with van der Waals surface area (Å²) < 4.78 is 34.6. The van der Waals surface area contributed by atoms with Crippen LogP contribution < -0.4 is 0 Å². The summed E-state index contributed by atoms with van der Waals surface area (Å²) in [7, 11) is 0. The maximum Gasteiger partial charge on any atom is 0.303 e. The molecule has 3 aromatic rings. The fourth-order valence-corrected chi connectivity index (χ4v) is 5.12. The van der Waals surface area contributed by atoms with Gasteiger partial charge in [-0.15, -0.1) is 5.10 Å². The molecule has 0 aliphatic carbocycles. The number of carbonyl (C=O) groups excluding carboxylic acids is 4. The van der Waals surface area contributed by atoms with Crippen molar-refractivity contribution < 1.29 is 47.6 Å². The molecule has 2 aromatic heterocycles. The molecule has 0 bridgehead atoms. The van der Waals surface area contributed by atoms with Crippen LogP contribution in [0.25, 0.3) is 10.9 Å². The number of pyridine rings is 1. The van der Waals surface area contributed by atoms with Gasteiger partial charge in [0.15, 0.2) is 24.5 Å². The second-order valence-electron chi connectivity index (χ2n) is 9.49. The van der Waals surface area contributed by atoms with Crippen molar-refractivity contribution in [2.45, 2.75) is 71.6 Å². The molecule has 16 heteroatoms. The summed E-state index contributed by atoms with van der Waals surface area (Å²) >= 11 is 12.7. The maximum atomic E-state index is 12.1.